The molecule has 0 aliphatic rings. The van der Waals surface area contributed by atoms with Gasteiger partial charge < -0.3 is 10.1 Å². The van der Waals surface area contributed by atoms with Gasteiger partial charge in [-0.25, -0.2) is 0 Å². The van der Waals surface area contributed by atoms with E-state index in [0.717, 1.165) is 22.0 Å². The number of aromatic amines is 1. The zero-order chi connectivity index (χ0) is 12.4. The maximum atomic E-state index is 10.4. The van der Waals surface area contributed by atoms with Crippen molar-refractivity contribution in [1.29, 1.82) is 0 Å². The molecule has 2 N–H and O–H groups in total. The van der Waals surface area contributed by atoms with E-state index in [2.05, 4.69) is 4.98 Å². The number of hydrogen-bond acceptors (Lipinski definition) is 1. The Hall–Kier alpha value is -2.06. The molecule has 0 fully saturated rings. The van der Waals surface area contributed by atoms with Gasteiger partial charge in [-0.15, -0.1) is 0 Å². The van der Waals surface area contributed by atoms with E-state index in [1.165, 1.54) is 0 Å². The highest BCUT2D eigenvalue weighted by Gasteiger charge is 2.12. The van der Waals surface area contributed by atoms with E-state index in [1.54, 1.807) is 0 Å². The Balaban J connectivity index is 1.92. The Labute approximate surface area is 106 Å². The van der Waals surface area contributed by atoms with Crippen molar-refractivity contribution >= 4 is 10.9 Å². The second kappa shape index (κ2) is 4.67. The summed E-state index contributed by atoms with van der Waals surface area (Å²) < 4.78 is 0. The van der Waals surface area contributed by atoms with Crippen LogP contribution in [0.4, 0.5) is 0 Å². The lowest BCUT2D eigenvalue weighted by Gasteiger charge is -2.12. The summed E-state index contributed by atoms with van der Waals surface area (Å²) in [5.74, 6) is 0. The number of fused-ring (bicyclic) bond motifs is 1. The van der Waals surface area contributed by atoms with E-state index < -0.39 is 6.10 Å². The first-order valence-corrected chi connectivity index (χ1v) is 6.12. The second-order valence-corrected chi connectivity index (χ2v) is 4.49. The molecular weight excluding hydrogens is 222 g/mol. The van der Waals surface area contributed by atoms with Crippen molar-refractivity contribution in [2.75, 3.05) is 0 Å². The molecule has 18 heavy (non-hydrogen) atoms. The number of benzene rings is 2. The zero-order valence-electron chi connectivity index (χ0n) is 10.0. The van der Waals surface area contributed by atoms with Crippen molar-refractivity contribution in [2.45, 2.75) is 12.5 Å². The summed E-state index contributed by atoms with van der Waals surface area (Å²) in [5.41, 5.74) is 3.20. The lowest BCUT2D eigenvalue weighted by molar-refractivity contribution is 0.180. The van der Waals surface area contributed by atoms with Crippen molar-refractivity contribution < 1.29 is 5.11 Å². The maximum Gasteiger partial charge on any atom is 0.0836 e. The number of H-pyrrole nitrogens is 1. The van der Waals surface area contributed by atoms with Crippen LogP contribution >= 0.6 is 0 Å². The standard InChI is InChI=1S/C16H15NO/c18-16(11-12-5-2-1-3-6-12)14-7-4-8-15-13(14)9-10-17-15/h1-10,16-18H,11H2. The summed E-state index contributed by atoms with van der Waals surface area (Å²) >= 11 is 0. The first kappa shape index (κ1) is 11.1. The van der Waals surface area contributed by atoms with Crippen LogP contribution in [-0.4, -0.2) is 10.1 Å². The van der Waals surface area contributed by atoms with Crippen molar-refractivity contribution in [2.24, 2.45) is 0 Å². The SMILES string of the molecule is OC(Cc1ccccc1)c1cccc2[nH]ccc12. The van der Waals surface area contributed by atoms with Gasteiger partial charge in [-0.05, 0) is 23.3 Å². The van der Waals surface area contributed by atoms with Gasteiger partial charge in [0.05, 0.1) is 6.10 Å². The van der Waals surface area contributed by atoms with Crippen molar-refractivity contribution in [1.82, 2.24) is 4.98 Å². The molecule has 0 bridgehead atoms. The lowest BCUT2D eigenvalue weighted by atomic mass is 9.99. The first-order chi connectivity index (χ1) is 8.84. The van der Waals surface area contributed by atoms with Crippen LogP contribution in [-0.2, 0) is 6.42 Å². The molecular formula is C16H15NO. The minimum absolute atomic E-state index is 0.466. The summed E-state index contributed by atoms with van der Waals surface area (Å²) in [6, 6.07) is 18.1. The number of aliphatic hydroxyl groups is 1. The Kier molecular flexibility index (Phi) is 2.87. The van der Waals surface area contributed by atoms with Crippen LogP contribution in [0.1, 0.15) is 17.2 Å². The van der Waals surface area contributed by atoms with E-state index >= 15 is 0 Å². The number of hydrogen-bond donors (Lipinski definition) is 2. The topological polar surface area (TPSA) is 36.0 Å². The van der Waals surface area contributed by atoms with Gasteiger partial charge in [0.2, 0.25) is 0 Å². The molecule has 0 amide bonds. The highest BCUT2D eigenvalue weighted by molar-refractivity contribution is 5.83. The van der Waals surface area contributed by atoms with Crippen molar-refractivity contribution in [3.05, 3.63) is 71.9 Å². The van der Waals surface area contributed by atoms with Gasteiger partial charge in [-0.2, -0.15) is 0 Å². The molecule has 2 aromatic carbocycles. The fraction of sp³-hybridized carbons (Fsp3) is 0.125. The zero-order valence-corrected chi connectivity index (χ0v) is 10.0. The van der Waals surface area contributed by atoms with Crippen molar-refractivity contribution in [3.8, 4) is 0 Å². The van der Waals surface area contributed by atoms with Gasteiger partial charge >= 0.3 is 0 Å². The van der Waals surface area contributed by atoms with Crippen LogP contribution in [0.5, 0.6) is 0 Å². The van der Waals surface area contributed by atoms with Crippen LogP contribution < -0.4 is 0 Å². The van der Waals surface area contributed by atoms with Gasteiger partial charge in [0.15, 0.2) is 0 Å². The summed E-state index contributed by atoms with van der Waals surface area (Å²) in [6.45, 7) is 0. The summed E-state index contributed by atoms with van der Waals surface area (Å²) in [4.78, 5) is 3.17. The highest BCUT2D eigenvalue weighted by Crippen LogP contribution is 2.25. The lowest BCUT2D eigenvalue weighted by Crippen LogP contribution is -2.02. The Morgan fingerprint density at radius 3 is 2.61 bits per heavy atom. The third-order valence-corrected chi connectivity index (χ3v) is 3.26. The van der Waals surface area contributed by atoms with Crippen LogP contribution in [0.25, 0.3) is 10.9 Å². The number of nitrogens with one attached hydrogen (secondary N) is 1. The van der Waals surface area contributed by atoms with E-state index in [1.807, 2.05) is 60.8 Å². The summed E-state index contributed by atoms with van der Waals surface area (Å²) in [6.07, 6.45) is 2.08. The monoisotopic (exact) mass is 237 g/mol. The molecule has 1 heterocycles. The number of rotatable bonds is 3. The van der Waals surface area contributed by atoms with E-state index in [4.69, 9.17) is 0 Å². The molecule has 0 saturated heterocycles. The van der Waals surface area contributed by atoms with Gasteiger partial charge in [0, 0.05) is 23.5 Å². The smallest absolute Gasteiger partial charge is 0.0836 e. The molecule has 3 rings (SSSR count). The Morgan fingerprint density at radius 2 is 1.78 bits per heavy atom. The molecule has 0 aliphatic carbocycles. The highest BCUT2D eigenvalue weighted by atomic mass is 16.3. The van der Waals surface area contributed by atoms with E-state index in [-0.39, 0.29) is 0 Å². The predicted molar refractivity (Wildman–Crippen MR) is 73.4 cm³/mol. The number of aromatic nitrogens is 1. The molecule has 1 atom stereocenters. The molecule has 2 heteroatoms. The molecule has 0 aliphatic heterocycles. The Morgan fingerprint density at radius 1 is 0.944 bits per heavy atom. The van der Waals surface area contributed by atoms with Crippen LogP contribution in [0.3, 0.4) is 0 Å². The third kappa shape index (κ3) is 2.03. The van der Waals surface area contributed by atoms with Crippen LogP contribution in [0.2, 0.25) is 0 Å². The van der Waals surface area contributed by atoms with Crippen LogP contribution in [0.15, 0.2) is 60.8 Å². The van der Waals surface area contributed by atoms with Gasteiger partial charge in [-0.3, -0.25) is 0 Å². The molecule has 1 aromatic heterocycles. The molecule has 0 radical (unpaired) electrons. The molecule has 90 valence electrons. The van der Waals surface area contributed by atoms with Gasteiger partial charge in [-0.1, -0.05) is 42.5 Å². The second-order valence-electron chi connectivity index (χ2n) is 4.49. The average molecular weight is 237 g/mol. The van der Waals surface area contributed by atoms with Gasteiger partial charge in [0.25, 0.3) is 0 Å². The first-order valence-electron chi connectivity index (χ1n) is 6.12. The quantitative estimate of drug-likeness (QED) is 0.719. The fourth-order valence-corrected chi connectivity index (χ4v) is 2.35. The largest absolute Gasteiger partial charge is 0.388 e. The number of aliphatic hydroxyl groups excluding tert-OH is 1. The normalized spacial score (nSPS) is 12.7. The van der Waals surface area contributed by atoms with Gasteiger partial charge in [0.1, 0.15) is 0 Å². The molecule has 1 unspecified atom stereocenters. The van der Waals surface area contributed by atoms with Crippen molar-refractivity contribution in [3.63, 3.8) is 0 Å². The van der Waals surface area contributed by atoms with E-state index in [9.17, 15) is 5.11 Å². The third-order valence-electron chi connectivity index (χ3n) is 3.26. The molecule has 3 aromatic rings. The average Bonchev–Trinajstić information content (AvgIpc) is 2.87. The minimum atomic E-state index is -0.466. The molecule has 0 saturated carbocycles. The predicted octanol–water partition coefficient (Wildman–Crippen LogP) is 3.44. The van der Waals surface area contributed by atoms with Crippen LogP contribution in [0, 0.1) is 0 Å². The minimum Gasteiger partial charge on any atom is -0.388 e. The maximum absolute atomic E-state index is 10.4. The summed E-state index contributed by atoms with van der Waals surface area (Å²) in [7, 11) is 0. The molecule has 0 spiro atoms. The molecule has 2 nitrogen and oxygen atoms in total. The fourth-order valence-electron chi connectivity index (χ4n) is 2.35. The Bertz CT molecular complexity index is 642. The summed E-state index contributed by atoms with van der Waals surface area (Å²) in [5, 5.41) is 11.5. The van der Waals surface area contributed by atoms with E-state index in [0.29, 0.717) is 6.42 Å².